The topological polar surface area (TPSA) is 68.7 Å². The van der Waals surface area contributed by atoms with Crippen molar-refractivity contribution in [2.75, 3.05) is 38.1 Å². The molecule has 2 N–H and O–H groups in total. The fourth-order valence-electron chi connectivity index (χ4n) is 4.63. The number of rotatable bonds is 3. The van der Waals surface area contributed by atoms with Gasteiger partial charge in [0.1, 0.15) is 5.84 Å². The summed E-state index contributed by atoms with van der Waals surface area (Å²) in [5.74, 6) is 3.41. The molecule has 1 aromatic rings. The van der Waals surface area contributed by atoms with Gasteiger partial charge in [-0.1, -0.05) is 0 Å². The van der Waals surface area contributed by atoms with Crippen LogP contribution in [0.5, 0.6) is 0 Å². The van der Waals surface area contributed by atoms with Crippen LogP contribution < -0.4 is 15.8 Å². The number of hydrogen-bond donors (Lipinski definition) is 2. The molecule has 1 spiro atoms. The van der Waals surface area contributed by atoms with E-state index >= 15 is 0 Å². The minimum absolute atomic E-state index is 0.439. The van der Waals surface area contributed by atoms with Crippen molar-refractivity contribution in [2.45, 2.75) is 38.1 Å². The lowest BCUT2D eigenvalue weighted by atomic mass is 9.86. The Labute approximate surface area is 148 Å². The molecule has 1 aliphatic carbocycles. The van der Waals surface area contributed by atoms with Crippen molar-refractivity contribution in [3.63, 3.8) is 0 Å². The van der Waals surface area contributed by atoms with Gasteiger partial charge in [0.2, 0.25) is 5.95 Å². The zero-order chi connectivity index (χ0) is 16.9. The number of hydrogen-bond acceptors (Lipinski definition) is 6. The first-order valence-electron chi connectivity index (χ1n) is 9.55. The summed E-state index contributed by atoms with van der Waals surface area (Å²) in [6, 6.07) is 2.44. The van der Waals surface area contributed by atoms with Gasteiger partial charge in [-0.2, -0.15) is 4.98 Å². The molecule has 25 heavy (non-hydrogen) atoms. The van der Waals surface area contributed by atoms with E-state index < -0.39 is 0 Å². The number of likely N-dealkylation sites (tertiary alicyclic amines) is 1. The molecule has 134 valence electrons. The summed E-state index contributed by atoms with van der Waals surface area (Å²) in [4.78, 5) is 18.7. The molecular weight excluding hydrogens is 314 g/mol. The highest BCUT2D eigenvalue weighted by Gasteiger charge is 2.43. The summed E-state index contributed by atoms with van der Waals surface area (Å²) >= 11 is 0. The number of amidine groups is 1. The van der Waals surface area contributed by atoms with E-state index in [1.807, 2.05) is 12.3 Å². The van der Waals surface area contributed by atoms with E-state index in [0.717, 1.165) is 43.0 Å². The molecule has 0 amide bonds. The maximum atomic E-state index is 4.72. The third-order valence-corrected chi connectivity index (χ3v) is 6.23. The lowest BCUT2D eigenvalue weighted by molar-refractivity contribution is 0.312. The first-order valence-corrected chi connectivity index (χ1v) is 9.55. The van der Waals surface area contributed by atoms with Gasteiger partial charge >= 0.3 is 0 Å². The molecule has 7 nitrogen and oxygen atoms in total. The van der Waals surface area contributed by atoms with Crippen LogP contribution in [-0.2, 0) is 0 Å². The molecule has 3 saturated heterocycles. The van der Waals surface area contributed by atoms with Crippen molar-refractivity contribution < 1.29 is 0 Å². The van der Waals surface area contributed by atoms with E-state index in [0.29, 0.717) is 11.5 Å². The monoisotopic (exact) mass is 341 g/mol. The second-order valence-electron chi connectivity index (χ2n) is 8.35. The minimum atomic E-state index is 0.439. The van der Waals surface area contributed by atoms with Gasteiger partial charge in [-0.3, -0.25) is 0 Å². The Kier molecular flexibility index (Phi) is 3.67. The molecule has 4 heterocycles. The Morgan fingerprint density at radius 1 is 1.24 bits per heavy atom. The fourth-order valence-corrected chi connectivity index (χ4v) is 4.63. The van der Waals surface area contributed by atoms with Crippen LogP contribution in [0.25, 0.3) is 0 Å². The Morgan fingerprint density at radius 3 is 2.92 bits per heavy atom. The van der Waals surface area contributed by atoms with Gasteiger partial charge in [0.05, 0.1) is 0 Å². The Bertz CT molecular complexity index is 686. The van der Waals surface area contributed by atoms with Gasteiger partial charge in [-0.05, 0) is 45.2 Å². The molecule has 5 rings (SSSR count). The van der Waals surface area contributed by atoms with Crippen LogP contribution in [0.4, 0.5) is 11.8 Å². The van der Waals surface area contributed by atoms with Crippen LogP contribution in [0.15, 0.2) is 17.3 Å². The van der Waals surface area contributed by atoms with Crippen LogP contribution in [0.3, 0.4) is 0 Å². The van der Waals surface area contributed by atoms with E-state index in [1.54, 1.807) is 0 Å². The van der Waals surface area contributed by atoms with Crippen LogP contribution >= 0.6 is 0 Å². The fraction of sp³-hybridized carbons (Fsp3) is 0.722. The molecule has 7 heteroatoms. The molecule has 1 saturated carbocycles. The van der Waals surface area contributed by atoms with Crippen LogP contribution in [-0.4, -0.2) is 60.0 Å². The van der Waals surface area contributed by atoms with Gasteiger partial charge < -0.3 is 15.2 Å². The van der Waals surface area contributed by atoms with Crippen molar-refractivity contribution in [3.8, 4) is 0 Å². The van der Waals surface area contributed by atoms with Gasteiger partial charge in [0.25, 0.3) is 0 Å². The van der Waals surface area contributed by atoms with Crippen LogP contribution in [0, 0.1) is 11.3 Å². The molecule has 4 aliphatic rings. The minimum Gasteiger partial charge on any atom is -0.340 e. The predicted molar refractivity (Wildman–Crippen MR) is 97.9 cm³/mol. The maximum absolute atomic E-state index is 4.72. The first-order chi connectivity index (χ1) is 12.2. The van der Waals surface area contributed by atoms with Crippen LogP contribution in [0.1, 0.15) is 32.1 Å². The lowest BCUT2D eigenvalue weighted by Crippen LogP contribution is -2.32. The summed E-state index contributed by atoms with van der Waals surface area (Å²) in [7, 11) is 2.22. The Hall–Kier alpha value is -1.73. The molecule has 4 fully saturated rings. The van der Waals surface area contributed by atoms with E-state index in [-0.39, 0.29) is 0 Å². The molecule has 0 radical (unpaired) electrons. The van der Waals surface area contributed by atoms with Gasteiger partial charge in [-0.15, -0.1) is 0 Å². The zero-order valence-electron chi connectivity index (χ0n) is 14.9. The predicted octanol–water partition coefficient (Wildman–Crippen LogP) is 1.32. The number of nitrogens with zero attached hydrogens (tertiary/aromatic N) is 5. The summed E-state index contributed by atoms with van der Waals surface area (Å²) in [5, 5.41) is 0. The highest BCUT2D eigenvalue weighted by atomic mass is 15.4. The van der Waals surface area contributed by atoms with E-state index in [1.165, 1.54) is 38.8 Å². The molecule has 2 unspecified atom stereocenters. The number of anilines is 1. The SMILES string of the molecule is CN1CCC2(CCN(c3nccc(N=C4CC(C5CC5)NN4)n3)C2)C1. The highest BCUT2D eigenvalue weighted by Crippen LogP contribution is 2.40. The average molecular weight is 341 g/mol. The average Bonchev–Trinajstić information content (AvgIpc) is 3.05. The van der Waals surface area contributed by atoms with Gasteiger partial charge in [-0.25, -0.2) is 15.4 Å². The standard InChI is InChI=1S/C18H27N7/c1-24-8-5-18(11-24)6-9-25(12-18)17-19-7-4-15(21-17)20-16-10-14(22-23-16)13-2-3-13/h4,7,13-14,22H,2-3,5-6,8-12H2,1H3,(H,19,20,21,23). The summed E-state index contributed by atoms with van der Waals surface area (Å²) in [6.07, 6.45) is 8.04. The zero-order valence-corrected chi connectivity index (χ0v) is 14.9. The molecular formula is C18H27N7. The number of hydrazine groups is 1. The first kappa shape index (κ1) is 15.5. The van der Waals surface area contributed by atoms with E-state index in [4.69, 9.17) is 9.98 Å². The smallest absolute Gasteiger partial charge is 0.227 e. The Balaban J connectivity index is 1.29. The second-order valence-corrected chi connectivity index (χ2v) is 8.35. The second kappa shape index (κ2) is 5.92. The third-order valence-electron chi connectivity index (χ3n) is 6.23. The highest BCUT2D eigenvalue weighted by molar-refractivity contribution is 5.86. The number of nitrogens with one attached hydrogen (secondary N) is 2. The van der Waals surface area contributed by atoms with Crippen LogP contribution in [0.2, 0.25) is 0 Å². The molecule has 1 aromatic heterocycles. The van der Waals surface area contributed by atoms with Gasteiger partial charge in [0.15, 0.2) is 5.82 Å². The van der Waals surface area contributed by atoms with Crippen molar-refractivity contribution in [3.05, 3.63) is 12.3 Å². The summed E-state index contributed by atoms with van der Waals surface area (Å²) in [6.45, 7) is 4.53. The molecule has 0 aromatic carbocycles. The van der Waals surface area contributed by atoms with Crippen molar-refractivity contribution in [2.24, 2.45) is 16.3 Å². The number of aliphatic imine (C=N–C) groups is 1. The van der Waals surface area contributed by atoms with Crippen molar-refractivity contribution in [1.29, 1.82) is 0 Å². The van der Waals surface area contributed by atoms with Crippen molar-refractivity contribution >= 4 is 17.6 Å². The molecule has 3 aliphatic heterocycles. The lowest BCUT2D eigenvalue weighted by Gasteiger charge is -2.23. The normalized spacial score (nSPS) is 34.4. The molecule has 2 atom stereocenters. The maximum Gasteiger partial charge on any atom is 0.227 e. The third kappa shape index (κ3) is 3.11. The van der Waals surface area contributed by atoms with Crippen molar-refractivity contribution in [1.82, 2.24) is 25.7 Å². The Morgan fingerprint density at radius 2 is 2.12 bits per heavy atom. The van der Waals surface area contributed by atoms with E-state index in [9.17, 15) is 0 Å². The van der Waals surface area contributed by atoms with Gasteiger partial charge in [0, 0.05) is 49.8 Å². The molecule has 0 bridgehead atoms. The summed E-state index contributed by atoms with van der Waals surface area (Å²) < 4.78 is 0. The number of aromatic nitrogens is 2. The quantitative estimate of drug-likeness (QED) is 0.864. The summed E-state index contributed by atoms with van der Waals surface area (Å²) in [5.41, 5.74) is 7.03. The van der Waals surface area contributed by atoms with E-state index in [2.05, 4.69) is 32.7 Å². The largest absolute Gasteiger partial charge is 0.340 e.